The Balaban J connectivity index is 1.85. The summed E-state index contributed by atoms with van der Waals surface area (Å²) >= 11 is 0. The highest BCUT2D eigenvalue weighted by molar-refractivity contribution is 7.93. The van der Waals surface area contributed by atoms with E-state index >= 15 is 0 Å². The molecule has 4 nitrogen and oxygen atoms in total. The Hall–Kier alpha value is -3.25. The molecule has 0 bridgehead atoms. The van der Waals surface area contributed by atoms with Crippen molar-refractivity contribution >= 4 is 20.8 Å². The summed E-state index contributed by atoms with van der Waals surface area (Å²) in [5, 5.41) is 1.78. The van der Waals surface area contributed by atoms with Gasteiger partial charge in [0.15, 0.2) is 16.2 Å². The zero-order chi connectivity index (χ0) is 19.7. The molecule has 28 heavy (non-hydrogen) atoms. The molecule has 0 spiro atoms. The van der Waals surface area contributed by atoms with E-state index in [0.717, 1.165) is 16.3 Å². The lowest BCUT2D eigenvalue weighted by Crippen LogP contribution is -2.34. The summed E-state index contributed by atoms with van der Waals surface area (Å²) in [6.45, 7) is 1.89. The molecule has 1 heterocycles. The predicted octanol–water partition coefficient (Wildman–Crippen LogP) is 4.77. The molecule has 6 heteroatoms. The van der Waals surface area contributed by atoms with Crippen LogP contribution in [0, 0.1) is 12.7 Å². The molecule has 0 N–H and O–H groups in total. The summed E-state index contributed by atoms with van der Waals surface area (Å²) in [5.74, 6) is -0.361. The molecule has 0 aliphatic carbocycles. The first-order chi connectivity index (χ1) is 13.4. The van der Waals surface area contributed by atoms with Crippen molar-refractivity contribution < 1.29 is 17.5 Å². The molecule has 4 rings (SSSR count). The number of pyridine rings is 1. The van der Waals surface area contributed by atoms with Crippen molar-refractivity contribution in [2.45, 2.75) is 11.8 Å². The number of sulfonamides is 1. The Bertz CT molecular complexity index is 1250. The second kappa shape index (κ2) is 7.05. The van der Waals surface area contributed by atoms with Gasteiger partial charge in [0.05, 0.1) is 4.90 Å². The molecule has 1 aromatic heterocycles. The fourth-order valence-electron chi connectivity index (χ4n) is 2.95. The number of halogens is 1. The van der Waals surface area contributed by atoms with Crippen molar-refractivity contribution in [2.24, 2.45) is 0 Å². The van der Waals surface area contributed by atoms with Crippen molar-refractivity contribution in [3.05, 3.63) is 101 Å². The molecule has 4 aromatic rings. The molecule has 0 radical (unpaired) electrons. The first kappa shape index (κ1) is 18.1. The SMILES string of the molecule is Cc1ccc(S(=O)(=O)[N-][n+]2cc3ccccc3cc2-c2ccc(F)cc2)cc1. The number of nitrogens with zero attached hydrogens (tertiary/aromatic N) is 2. The van der Waals surface area contributed by atoms with Gasteiger partial charge in [-0.3, -0.25) is 0 Å². The van der Waals surface area contributed by atoms with Crippen LogP contribution in [0.15, 0.2) is 90.0 Å². The number of hydrogen-bond donors (Lipinski definition) is 0. The Morgan fingerprint density at radius 3 is 2.18 bits per heavy atom. The maximum Gasteiger partial charge on any atom is 0.209 e. The molecule has 0 aliphatic heterocycles. The van der Waals surface area contributed by atoms with Gasteiger partial charge in [0.1, 0.15) is 5.82 Å². The maximum atomic E-state index is 13.4. The number of aromatic nitrogens is 1. The zero-order valence-electron chi connectivity index (χ0n) is 15.1. The lowest BCUT2D eigenvalue weighted by molar-refractivity contribution is -0.600. The summed E-state index contributed by atoms with van der Waals surface area (Å²) in [7, 11) is -3.92. The molecular formula is C22H17FN2O2S. The fourth-order valence-corrected chi connectivity index (χ4v) is 3.89. The van der Waals surface area contributed by atoms with Crippen molar-refractivity contribution in [3.63, 3.8) is 0 Å². The van der Waals surface area contributed by atoms with E-state index in [9.17, 15) is 12.8 Å². The highest BCUT2D eigenvalue weighted by Gasteiger charge is 2.16. The van der Waals surface area contributed by atoms with Crippen LogP contribution in [0.4, 0.5) is 4.39 Å². The van der Waals surface area contributed by atoms with E-state index in [0.29, 0.717) is 11.3 Å². The number of hydrogen-bond acceptors (Lipinski definition) is 2. The molecular weight excluding hydrogens is 375 g/mol. The number of fused-ring (bicyclic) bond motifs is 1. The molecule has 0 saturated carbocycles. The smallest absolute Gasteiger partial charge is 0.209 e. The maximum absolute atomic E-state index is 13.4. The van der Waals surface area contributed by atoms with Crippen LogP contribution in [0.1, 0.15) is 5.56 Å². The van der Waals surface area contributed by atoms with Crippen LogP contribution in [-0.4, -0.2) is 8.42 Å². The summed E-state index contributed by atoms with van der Waals surface area (Å²) in [4.78, 5) is 4.15. The third-order valence-electron chi connectivity index (χ3n) is 4.45. The average Bonchev–Trinajstić information content (AvgIpc) is 2.68. The third-order valence-corrected chi connectivity index (χ3v) is 5.71. The second-order valence-electron chi connectivity index (χ2n) is 6.51. The number of aryl methyl sites for hydroxylation is 1. The molecule has 0 unspecified atom stereocenters. The van der Waals surface area contributed by atoms with Gasteiger partial charge in [-0.1, -0.05) is 35.9 Å². The normalized spacial score (nSPS) is 11.5. The molecule has 0 amide bonds. The van der Waals surface area contributed by atoms with Gasteiger partial charge < -0.3 is 4.83 Å². The van der Waals surface area contributed by atoms with Crippen molar-refractivity contribution in [1.82, 2.24) is 0 Å². The summed E-state index contributed by atoms with van der Waals surface area (Å²) in [6, 6.07) is 21.8. The minimum absolute atomic E-state index is 0.115. The topological polar surface area (TPSA) is 52.1 Å². The van der Waals surface area contributed by atoms with Gasteiger partial charge in [0.2, 0.25) is 5.69 Å². The van der Waals surface area contributed by atoms with E-state index < -0.39 is 10.0 Å². The molecule has 0 saturated heterocycles. The summed E-state index contributed by atoms with van der Waals surface area (Å²) in [6.07, 6.45) is 1.67. The third kappa shape index (κ3) is 3.59. The molecule has 0 atom stereocenters. The van der Waals surface area contributed by atoms with Crippen molar-refractivity contribution in [1.29, 1.82) is 0 Å². The molecule has 3 aromatic carbocycles. The average molecular weight is 392 g/mol. The molecule has 0 aliphatic rings. The summed E-state index contributed by atoms with van der Waals surface area (Å²) in [5.41, 5.74) is 2.17. The monoisotopic (exact) mass is 392 g/mol. The second-order valence-corrected chi connectivity index (χ2v) is 8.09. The first-order valence-electron chi connectivity index (χ1n) is 8.68. The number of rotatable bonds is 4. The fraction of sp³-hybridized carbons (Fsp3) is 0.0455. The standard InChI is InChI=1S/C22H17FN2O2S/c1-16-6-12-21(13-7-16)28(26,27)24-25-15-19-5-3-2-4-18(19)14-22(25)17-8-10-20(23)11-9-17/h2-15H,1H3. The van der Waals surface area contributed by atoms with E-state index in [1.807, 2.05) is 37.3 Å². The van der Waals surface area contributed by atoms with Gasteiger partial charge in [0.25, 0.3) is 0 Å². The van der Waals surface area contributed by atoms with E-state index in [-0.39, 0.29) is 10.7 Å². The number of benzene rings is 3. The Morgan fingerprint density at radius 2 is 1.50 bits per heavy atom. The van der Waals surface area contributed by atoms with Crippen LogP contribution in [-0.2, 0) is 10.0 Å². The van der Waals surface area contributed by atoms with Crippen LogP contribution in [0.5, 0.6) is 0 Å². The molecule has 0 fully saturated rings. The largest absolute Gasteiger partial charge is 0.317 e. The van der Waals surface area contributed by atoms with E-state index in [4.69, 9.17) is 0 Å². The minimum atomic E-state index is -3.92. The van der Waals surface area contributed by atoms with Gasteiger partial charge in [-0.25, -0.2) is 17.5 Å². The van der Waals surface area contributed by atoms with Crippen LogP contribution in [0.3, 0.4) is 0 Å². The lowest BCUT2D eigenvalue weighted by Gasteiger charge is -2.18. The van der Waals surface area contributed by atoms with Crippen LogP contribution < -0.4 is 4.68 Å². The Labute approximate surface area is 162 Å². The van der Waals surface area contributed by atoms with Crippen LogP contribution >= 0.6 is 0 Å². The first-order valence-corrected chi connectivity index (χ1v) is 10.1. The highest BCUT2D eigenvalue weighted by Crippen LogP contribution is 2.24. The quantitative estimate of drug-likeness (QED) is 0.470. The van der Waals surface area contributed by atoms with Gasteiger partial charge in [-0.05, 0) is 54.8 Å². The minimum Gasteiger partial charge on any atom is -0.317 e. The van der Waals surface area contributed by atoms with Crippen LogP contribution in [0.2, 0.25) is 0 Å². The van der Waals surface area contributed by atoms with Crippen LogP contribution in [0.25, 0.3) is 26.9 Å². The lowest BCUT2D eigenvalue weighted by atomic mass is 10.1. The highest BCUT2D eigenvalue weighted by atomic mass is 32.2. The van der Waals surface area contributed by atoms with Crippen molar-refractivity contribution in [3.8, 4) is 11.3 Å². The van der Waals surface area contributed by atoms with Crippen molar-refractivity contribution in [2.75, 3.05) is 0 Å². The summed E-state index contributed by atoms with van der Waals surface area (Å²) < 4.78 is 40.4. The predicted molar refractivity (Wildman–Crippen MR) is 107 cm³/mol. The van der Waals surface area contributed by atoms with Gasteiger partial charge in [-0.15, -0.1) is 0 Å². The van der Waals surface area contributed by atoms with E-state index in [1.54, 1.807) is 30.5 Å². The van der Waals surface area contributed by atoms with Gasteiger partial charge in [0, 0.05) is 17.0 Å². The Kier molecular flexibility index (Phi) is 4.57. The van der Waals surface area contributed by atoms with Gasteiger partial charge >= 0.3 is 0 Å². The molecule has 140 valence electrons. The Morgan fingerprint density at radius 1 is 0.857 bits per heavy atom. The van der Waals surface area contributed by atoms with E-state index in [2.05, 4.69) is 4.83 Å². The van der Waals surface area contributed by atoms with Gasteiger partial charge in [-0.2, -0.15) is 0 Å². The zero-order valence-corrected chi connectivity index (χ0v) is 15.9. The van der Waals surface area contributed by atoms with E-state index in [1.165, 1.54) is 28.9 Å².